The van der Waals surface area contributed by atoms with E-state index >= 15 is 0 Å². The summed E-state index contributed by atoms with van der Waals surface area (Å²) in [4.78, 5) is 14.6. The summed E-state index contributed by atoms with van der Waals surface area (Å²) in [6.45, 7) is 3.92. The summed E-state index contributed by atoms with van der Waals surface area (Å²) in [7, 11) is 0. The van der Waals surface area contributed by atoms with Crippen LogP contribution in [0.3, 0.4) is 0 Å². The van der Waals surface area contributed by atoms with Gasteiger partial charge in [0, 0.05) is 37.0 Å². The highest BCUT2D eigenvalue weighted by atomic mass is 19.2. The molecule has 1 fully saturated rings. The van der Waals surface area contributed by atoms with E-state index in [1.807, 2.05) is 18.2 Å². The molecule has 2 aromatic rings. The number of hydrogen-bond acceptors (Lipinski definition) is 3. The van der Waals surface area contributed by atoms with Crippen LogP contribution in [0.5, 0.6) is 0 Å². The van der Waals surface area contributed by atoms with Crippen LogP contribution in [-0.4, -0.2) is 37.1 Å². The standard InChI is InChI=1S/C18H18F2N2O2/c19-16-5-4-15(11-17(16)20)21-18(23)14-3-1-2-13(10-14)12-22-6-8-24-9-7-22/h1-5,10-11H,6-9,12H2,(H,21,23). The van der Waals surface area contributed by atoms with Gasteiger partial charge in [-0.15, -0.1) is 0 Å². The first kappa shape index (κ1) is 16.5. The lowest BCUT2D eigenvalue weighted by atomic mass is 10.1. The minimum absolute atomic E-state index is 0.220. The number of nitrogens with zero attached hydrogens (tertiary/aromatic N) is 1. The second kappa shape index (κ2) is 7.51. The maximum Gasteiger partial charge on any atom is 0.255 e. The van der Waals surface area contributed by atoms with Crippen molar-refractivity contribution in [3.05, 3.63) is 65.2 Å². The molecule has 0 atom stereocenters. The van der Waals surface area contributed by atoms with Crippen molar-refractivity contribution in [2.75, 3.05) is 31.6 Å². The van der Waals surface area contributed by atoms with Crippen LogP contribution in [0.1, 0.15) is 15.9 Å². The molecule has 1 N–H and O–H groups in total. The normalized spacial score (nSPS) is 15.2. The van der Waals surface area contributed by atoms with Gasteiger partial charge in [-0.1, -0.05) is 12.1 Å². The molecule has 1 aliphatic heterocycles. The zero-order chi connectivity index (χ0) is 16.9. The lowest BCUT2D eigenvalue weighted by molar-refractivity contribution is 0.0342. The number of rotatable bonds is 4. The van der Waals surface area contributed by atoms with E-state index in [9.17, 15) is 13.6 Å². The molecule has 0 aliphatic carbocycles. The maximum atomic E-state index is 13.2. The van der Waals surface area contributed by atoms with Gasteiger partial charge in [0.25, 0.3) is 5.91 Å². The van der Waals surface area contributed by atoms with Crippen LogP contribution < -0.4 is 5.32 Å². The monoisotopic (exact) mass is 332 g/mol. The molecule has 1 aliphatic rings. The number of hydrogen-bond donors (Lipinski definition) is 1. The Kier molecular flexibility index (Phi) is 5.17. The number of anilines is 1. The lowest BCUT2D eigenvalue weighted by Crippen LogP contribution is -2.35. The molecule has 0 spiro atoms. The summed E-state index contributed by atoms with van der Waals surface area (Å²) >= 11 is 0. The van der Waals surface area contributed by atoms with Crippen LogP contribution in [-0.2, 0) is 11.3 Å². The van der Waals surface area contributed by atoms with Crippen LogP contribution >= 0.6 is 0 Å². The smallest absolute Gasteiger partial charge is 0.255 e. The van der Waals surface area contributed by atoms with Crippen LogP contribution in [0, 0.1) is 11.6 Å². The molecule has 3 rings (SSSR count). The Balaban J connectivity index is 1.68. The molecule has 0 radical (unpaired) electrons. The fourth-order valence-corrected chi connectivity index (χ4v) is 2.61. The summed E-state index contributed by atoms with van der Waals surface area (Å²) < 4.78 is 31.5. The van der Waals surface area contributed by atoms with Gasteiger partial charge in [0.05, 0.1) is 13.2 Å². The first-order chi connectivity index (χ1) is 11.6. The van der Waals surface area contributed by atoms with E-state index < -0.39 is 11.6 Å². The third-order valence-electron chi connectivity index (χ3n) is 3.88. The first-order valence-corrected chi connectivity index (χ1v) is 7.77. The largest absolute Gasteiger partial charge is 0.379 e. The van der Waals surface area contributed by atoms with E-state index in [0.717, 1.165) is 50.5 Å². The molecule has 126 valence electrons. The predicted molar refractivity (Wildman–Crippen MR) is 86.8 cm³/mol. The Hall–Kier alpha value is -2.31. The number of halogens is 2. The Labute approximate surface area is 139 Å². The number of carbonyl (C=O) groups excluding carboxylic acids is 1. The van der Waals surface area contributed by atoms with E-state index in [1.165, 1.54) is 6.07 Å². The Bertz CT molecular complexity index is 731. The summed E-state index contributed by atoms with van der Waals surface area (Å²) in [6, 6.07) is 10.6. The highest BCUT2D eigenvalue weighted by Crippen LogP contribution is 2.15. The average molecular weight is 332 g/mol. The van der Waals surface area contributed by atoms with Gasteiger partial charge < -0.3 is 10.1 Å². The molecule has 0 bridgehead atoms. The van der Waals surface area contributed by atoms with Gasteiger partial charge in [-0.3, -0.25) is 9.69 Å². The third kappa shape index (κ3) is 4.15. The van der Waals surface area contributed by atoms with E-state index in [1.54, 1.807) is 6.07 Å². The molecule has 6 heteroatoms. The van der Waals surface area contributed by atoms with E-state index in [2.05, 4.69) is 10.2 Å². The second-order valence-electron chi connectivity index (χ2n) is 5.67. The molecule has 0 unspecified atom stereocenters. The fourth-order valence-electron chi connectivity index (χ4n) is 2.61. The molecule has 1 saturated heterocycles. The van der Waals surface area contributed by atoms with Gasteiger partial charge in [-0.25, -0.2) is 8.78 Å². The van der Waals surface area contributed by atoms with Crippen LogP contribution in [0.25, 0.3) is 0 Å². The molecule has 0 saturated carbocycles. The van der Waals surface area contributed by atoms with Gasteiger partial charge in [0.15, 0.2) is 11.6 Å². The molecule has 24 heavy (non-hydrogen) atoms. The topological polar surface area (TPSA) is 41.6 Å². The SMILES string of the molecule is O=C(Nc1ccc(F)c(F)c1)c1cccc(CN2CCOCC2)c1. The summed E-state index contributed by atoms with van der Waals surface area (Å²) in [6.07, 6.45) is 0. The lowest BCUT2D eigenvalue weighted by Gasteiger charge is -2.26. The predicted octanol–water partition coefficient (Wildman–Crippen LogP) is 3.05. The van der Waals surface area contributed by atoms with Crippen molar-refractivity contribution in [3.8, 4) is 0 Å². The number of morpholine rings is 1. The number of carbonyl (C=O) groups is 1. The fraction of sp³-hybridized carbons (Fsp3) is 0.278. The zero-order valence-corrected chi connectivity index (χ0v) is 13.1. The van der Waals surface area contributed by atoms with Crippen LogP contribution in [0.2, 0.25) is 0 Å². The molecule has 1 heterocycles. The van der Waals surface area contributed by atoms with Crippen molar-refractivity contribution in [2.45, 2.75) is 6.54 Å². The molecule has 1 amide bonds. The quantitative estimate of drug-likeness (QED) is 0.936. The van der Waals surface area contributed by atoms with Crippen molar-refractivity contribution in [1.29, 1.82) is 0 Å². The number of ether oxygens (including phenoxy) is 1. The third-order valence-corrected chi connectivity index (χ3v) is 3.88. The van der Waals surface area contributed by atoms with E-state index in [-0.39, 0.29) is 11.6 Å². The number of nitrogens with one attached hydrogen (secondary N) is 1. The van der Waals surface area contributed by atoms with Crippen molar-refractivity contribution in [1.82, 2.24) is 4.90 Å². The highest BCUT2D eigenvalue weighted by molar-refractivity contribution is 6.04. The summed E-state index contributed by atoms with van der Waals surface area (Å²) in [5, 5.41) is 2.58. The van der Waals surface area contributed by atoms with Gasteiger partial charge in [-0.2, -0.15) is 0 Å². The van der Waals surface area contributed by atoms with Gasteiger partial charge in [0.1, 0.15) is 0 Å². The van der Waals surface area contributed by atoms with E-state index in [0.29, 0.717) is 5.56 Å². The van der Waals surface area contributed by atoms with Gasteiger partial charge in [0.2, 0.25) is 0 Å². The first-order valence-electron chi connectivity index (χ1n) is 7.77. The molecular weight excluding hydrogens is 314 g/mol. The van der Waals surface area contributed by atoms with Crippen molar-refractivity contribution >= 4 is 11.6 Å². The van der Waals surface area contributed by atoms with Crippen molar-refractivity contribution < 1.29 is 18.3 Å². The maximum absolute atomic E-state index is 13.2. The number of amides is 1. The second-order valence-corrected chi connectivity index (χ2v) is 5.67. The number of benzene rings is 2. The molecule has 0 aromatic heterocycles. The summed E-state index contributed by atoms with van der Waals surface area (Å²) in [5.41, 5.74) is 1.72. The Morgan fingerprint density at radius 2 is 1.88 bits per heavy atom. The minimum Gasteiger partial charge on any atom is -0.379 e. The van der Waals surface area contributed by atoms with Crippen molar-refractivity contribution in [2.24, 2.45) is 0 Å². The average Bonchev–Trinajstić information content (AvgIpc) is 2.59. The Morgan fingerprint density at radius 1 is 1.08 bits per heavy atom. The van der Waals surface area contributed by atoms with Crippen LogP contribution in [0.4, 0.5) is 14.5 Å². The summed E-state index contributed by atoms with van der Waals surface area (Å²) in [5.74, 6) is -2.29. The van der Waals surface area contributed by atoms with Gasteiger partial charge >= 0.3 is 0 Å². The van der Waals surface area contributed by atoms with Crippen LogP contribution in [0.15, 0.2) is 42.5 Å². The van der Waals surface area contributed by atoms with E-state index in [4.69, 9.17) is 4.74 Å². The van der Waals surface area contributed by atoms with Gasteiger partial charge in [-0.05, 0) is 29.8 Å². The molecular formula is C18H18F2N2O2. The zero-order valence-electron chi connectivity index (χ0n) is 13.1. The molecule has 4 nitrogen and oxygen atoms in total. The molecule has 2 aromatic carbocycles. The highest BCUT2D eigenvalue weighted by Gasteiger charge is 2.13. The van der Waals surface area contributed by atoms with Crippen molar-refractivity contribution in [3.63, 3.8) is 0 Å². The Morgan fingerprint density at radius 3 is 2.62 bits per heavy atom. The minimum atomic E-state index is -0.992.